The molecular weight excluding hydrogens is 152 g/mol. The minimum Gasteiger partial charge on any atom is -0.368 e. The molecule has 1 aliphatic rings. The predicted octanol–water partition coefficient (Wildman–Crippen LogP) is 1.90. The molecule has 1 saturated carbocycles. The van der Waals surface area contributed by atoms with Crippen LogP contribution in [0.3, 0.4) is 0 Å². The van der Waals surface area contributed by atoms with Crippen molar-refractivity contribution in [1.82, 2.24) is 0 Å². The Kier molecular flexibility index (Phi) is 4.02. The van der Waals surface area contributed by atoms with Gasteiger partial charge in [0.2, 0.25) is 0 Å². The van der Waals surface area contributed by atoms with Crippen molar-refractivity contribution >= 4 is 0 Å². The fourth-order valence-electron chi connectivity index (χ4n) is 2.08. The van der Waals surface area contributed by atoms with E-state index < -0.39 is 6.29 Å². The second kappa shape index (κ2) is 4.83. The first-order chi connectivity index (χ1) is 5.72. The highest BCUT2D eigenvalue weighted by Gasteiger charge is 2.23. The summed E-state index contributed by atoms with van der Waals surface area (Å²) in [5, 5.41) is 18.0. The summed E-state index contributed by atoms with van der Waals surface area (Å²) in [5.41, 5.74) is 0. The zero-order valence-electron chi connectivity index (χ0n) is 7.87. The number of hydrogen-bond donors (Lipinski definition) is 2. The number of aliphatic hydroxyl groups excluding tert-OH is 1. The summed E-state index contributed by atoms with van der Waals surface area (Å²) in [5.74, 6) is 0.593. The molecule has 72 valence electrons. The van der Waals surface area contributed by atoms with Crippen LogP contribution in [0.25, 0.3) is 0 Å². The van der Waals surface area contributed by atoms with Gasteiger partial charge in [0.1, 0.15) is 0 Å². The highest BCUT2D eigenvalue weighted by atomic mass is 16.5. The molecule has 0 aromatic rings. The highest BCUT2D eigenvalue weighted by molar-refractivity contribution is 4.70. The first kappa shape index (κ1) is 10.0. The monoisotopic (exact) mass is 172 g/mol. The second-order valence-electron chi connectivity index (χ2n) is 4.02. The summed E-state index contributed by atoms with van der Waals surface area (Å²) in [6.07, 6.45) is 6.42. The lowest BCUT2D eigenvalue weighted by Gasteiger charge is -2.23. The maximum atomic E-state index is 9.02. The van der Waals surface area contributed by atoms with Crippen LogP contribution in [0.4, 0.5) is 0 Å². The van der Waals surface area contributed by atoms with Crippen LogP contribution in [0, 0.1) is 11.8 Å². The van der Waals surface area contributed by atoms with Crippen molar-refractivity contribution < 1.29 is 10.2 Å². The Morgan fingerprint density at radius 3 is 1.92 bits per heavy atom. The number of aliphatic hydroxyl groups is 2. The van der Waals surface area contributed by atoms with E-state index in [2.05, 4.69) is 0 Å². The van der Waals surface area contributed by atoms with Crippen LogP contribution in [-0.4, -0.2) is 16.5 Å². The molecule has 2 N–H and O–H groups in total. The first-order valence-electron chi connectivity index (χ1n) is 5.08. The Labute approximate surface area is 74.6 Å². The fraction of sp³-hybridized carbons (Fsp3) is 1.00. The molecule has 0 spiro atoms. The quantitative estimate of drug-likeness (QED) is 0.493. The molecule has 2 nitrogen and oxygen atoms in total. The molecule has 1 rings (SSSR count). The van der Waals surface area contributed by atoms with E-state index in [0.717, 1.165) is 0 Å². The standard InChI is InChI=1S/C10H20O2/c1-8(10(11)12)9-6-4-2-3-5-7-9/h8-12H,2-7H2,1H3. The van der Waals surface area contributed by atoms with Gasteiger partial charge in [-0.05, 0) is 5.92 Å². The van der Waals surface area contributed by atoms with E-state index in [0.29, 0.717) is 5.92 Å². The van der Waals surface area contributed by atoms with Gasteiger partial charge in [-0.3, -0.25) is 0 Å². The van der Waals surface area contributed by atoms with Crippen LogP contribution >= 0.6 is 0 Å². The smallest absolute Gasteiger partial charge is 0.154 e. The van der Waals surface area contributed by atoms with Gasteiger partial charge < -0.3 is 10.2 Å². The van der Waals surface area contributed by atoms with Crippen LogP contribution in [0.1, 0.15) is 45.4 Å². The lowest BCUT2D eigenvalue weighted by molar-refractivity contribution is -0.0959. The lowest BCUT2D eigenvalue weighted by atomic mass is 9.87. The van der Waals surface area contributed by atoms with Crippen molar-refractivity contribution in [1.29, 1.82) is 0 Å². The second-order valence-corrected chi connectivity index (χ2v) is 4.02. The minimum absolute atomic E-state index is 0.0584. The summed E-state index contributed by atoms with van der Waals surface area (Å²) < 4.78 is 0. The molecule has 1 atom stereocenters. The van der Waals surface area contributed by atoms with Gasteiger partial charge in [-0.25, -0.2) is 0 Å². The third-order valence-electron chi connectivity index (χ3n) is 3.11. The third kappa shape index (κ3) is 2.76. The Morgan fingerprint density at radius 2 is 1.50 bits per heavy atom. The molecule has 0 aliphatic heterocycles. The molecular formula is C10H20O2. The third-order valence-corrected chi connectivity index (χ3v) is 3.11. The first-order valence-corrected chi connectivity index (χ1v) is 5.08. The van der Waals surface area contributed by atoms with E-state index in [-0.39, 0.29) is 5.92 Å². The molecule has 1 aliphatic carbocycles. The van der Waals surface area contributed by atoms with Gasteiger partial charge in [0, 0.05) is 5.92 Å². The topological polar surface area (TPSA) is 40.5 Å². The van der Waals surface area contributed by atoms with Crippen LogP contribution in [0.2, 0.25) is 0 Å². The van der Waals surface area contributed by atoms with Crippen molar-refractivity contribution in [3.05, 3.63) is 0 Å². The molecule has 2 heteroatoms. The summed E-state index contributed by atoms with van der Waals surface area (Å²) in [6, 6.07) is 0. The average Bonchev–Trinajstić information content (AvgIpc) is 2.30. The average molecular weight is 172 g/mol. The SMILES string of the molecule is CC(C(O)O)C1CCCCCC1. The van der Waals surface area contributed by atoms with Gasteiger partial charge in [-0.2, -0.15) is 0 Å². The Bertz CT molecular complexity index is 115. The summed E-state index contributed by atoms with van der Waals surface area (Å²) in [7, 11) is 0. The van der Waals surface area contributed by atoms with E-state index >= 15 is 0 Å². The Hall–Kier alpha value is -0.0800. The summed E-state index contributed by atoms with van der Waals surface area (Å²) in [6.45, 7) is 1.95. The van der Waals surface area contributed by atoms with Crippen molar-refractivity contribution in [3.8, 4) is 0 Å². The zero-order chi connectivity index (χ0) is 8.97. The molecule has 0 heterocycles. The van der Waals surface area contributed by atoms with Crippen LogP contribution < -0.4 is 0 Å². The molecule has 0 aromatic carbocycles. The van der Waals surface area contributed by atoms with Crippen molar-refractivity contribution in [2.24, 2.45) is 11.8 Å². The molecule has 0 bridgehead atoms. The normalized spacial score (nSPS) is 24.0. The van der Waals surface area contributed by atoms with E-state index in [9.17, 15) is 0 Å². The largest absolute Gasteiger partial charge is 0.368 e. The van der Waals surface area contributed by atoms with Gasteiger partial charge in [-0.15, -0.1) is 0 Å². The van der Waals surface area contributed by atoms with Crippen molar-refractivity contribution in [2.45, 2.75) is 51.7 Å². The van der Waals surface area contributed by atoms with E-state index in [1.165, 1.54) is 38.5 Å². The predicted molar refractivity (Wildman–Crippen MR) is 48.6 cm³/mol. The van der Waals surface area contributed by atoms with Crippen LogP contribution in [0.5, 0.6) is 0 Å². The van der Waals surface area contributed by atoms with Gasteiger partial charge >= 0.3 is 0 Å². The Morgan fingerprint density at radius 1 is 1.00 bits per heavy atom. The minimum atomic E-state index is -1.12. The number of hydrogen-bond acceptors (Lipinski definition) is 2. The molecule has 0 saturated heterocycles. The van der Waals surface area contributed by atoms with Crippen LogP contribution in [-0.2, 0) is 0 Å². The van der Waals surface area contributed by atoms with E-state index in [1.54, 1.807) is 0 Å². The lowest BCUT2D eigenvalue weighted by Crippen LogP contribution is -2.24. The maximum Gasteiger partial charge on any atom is 0.154 e. The molecule has 1 fully saturated rings. The van der Waals surface area contributed by atoms with Gasteiger partial charge in [0.25, 0.3) is 0 Å². The molecule has 12 heavy (non-hydrogen) atoms. The van der Waals surface area contributed by atoms with Crippen molar-refractivity contribution in [2.75, 3.05) is 0 Å². The van der Waals surface area contributed by atoms with Crippen LogP contribution in [0.15, 0.2) is 0 Å². The fourth-order valence-corrected chi connectivity index (χ4v) is 2.08. The summed E-state index contributed by atoms with van der Waals surface area (Å²) >= 11 is 0. The van der Waals surface area contributed by atoms with E-state index in [4.69, 9.17) is 10.2 Å². The zero-order valence-corrected chi connectivity index (χ0v) is 7.87. The Balaban J connectivity index is 2.37. The van der Waals surface area contributed by atoms with E-state index in [1.807, 2.05) is 6.92 Å². The molecule has 0 amide bonds. The van der Waals surface area contributed by atoms with Gasteiger partial charge in [0.15, 0.2) is 6.29 Å². The maximum absolute atomic E-state index is 9.02. The molecule has 0 radical (unpaired) electrons. The number of rotatable bonds is 2. The van der Waals surface area contributed by atoms with Gasteiger partial charge in [0.05, 0.1) is 0 Å². The molecule has 0 aromatic heterocycles. The van der Waals surface area contributed by atoms with Gasteiger partial charge in [-0.1, -0.05) is 45.4 Å². The highest BCUT2D eigenvalue weighted by Crippen LogP contribution is 2.29. The summed E-state index contributed by atoms with van der Waals surface area (Å²) in [4.78, 5) is 0. The molecule has 1 unspecified atom stereocenters. The van der Waals surface area contributed by atoms with Crippen molar-refractivity contribution in [3.63, 3.8) is 0 Å².